The van der Waals surface area contributed by atoms with Gasteiger partial charge in [-0.2, -0.15) is 11.8 Å². The van der Waals surface area contributed by atoms with Gasteiger partial charge in [0.1, 0.15) is 5.82 Å². The maximum absolute atomic E-state index is 12.8. The van der Waals surface area contributed by atoms with E-state index in [4.69, 9.17) is 5.73 Å². The number of nitrogens with two attached hydrogens (primary N) is 1. The maximum Gasteiger partial charge on any atom is 0.123 e. The quantitative estimate of drug-likeness (QED) is 0.666. The summed E-state index contributed by atoms with van der Waals surface area (Å²) in [5, 5.41) is 0. The molecular formula is C9H10FNS. The smallest absolute Gasteiger partial charge is 0.123 e. The van der Waals surface area contributed by atoms with Gasteiger partial charge in [0.2, 0.25) is 0 Å². The van der Waals surface area contributed by atoms with Crippen LogP contribution in [0, 0.1) is 5.82 Å². The molecule has 0 fully saturated rings. The highest BCUT2D eigenvalue weighted by Crippen LogP contribution is 2.30. The van der Waals surface area contributed by atoms with Crippen molar-refractivity contribution >= 4 is 11.8 Å². The Morgan fingerprint density at radius 3 is 3.17 bits per heavy atom. The summed E-state index contributed by atoms with van der Waals surface area (Å²) in [6.45, 7) is 0. The number of benzene rings is 1. The fourth-order valence-corrected chi connectivity index (χ4v) is 2.46. The predicted octanol–water partition coefficient (Wildman–Crippen LogP) is 2.07. The maximum atomic E-state index is 12.8. The SMILES string of the molecule is N[C@@H]1CSCc2ccc(F)cc21. The summed E-state index contributed by atoms with van der Waals surface area (Å²) in [4.78, 5) is 0. The van der Waals surface area contributed by atoms with Crippen molar-refractivity contribution in [1.82, 2.24) is 0 Å². The van der Waals surface area contributed by atoms with E-state index in [1.807, 2.05) is 6.07 Å². The van der Waals surface area contributed by atoms with Crippen molar-refractivity contribution < 1.29 is 4.39 Å². The van der Waals surface area contributed by atoms with Crippen molar-refractivity contribution in [2.75, 3.05) is 5.75 Å². The summed E-state index contributed by atoms with van der Waals surface area (Å²) in [6, 6.07) is 4.89. The van der Waals surface area contributed by atoms with Crippen molar-refractivity contribution in [3.63, 3.8) is 0 Å². The Hall–Kier alpha value is -0.540. The minimum atomic E-state index is -0.184. The second-order valence-corrected chi connectivity index (χ2v) is 4.00. The van der Waals surface area contributed by atoms with Gasteiger partial charge < -0.3 is 5.73 Å². The zero-order valence-electron chi connectivity index (χ0n) is 6.59. The van der Waals surface area contributed by atoms with Gasteiger partial charge in [-0.1, -0.05) is 6.07 Å². The van der Waals surface area contributed by atoms with E-state index in [0.717, 1.165) is 17.1 Å². The molecule has 0 saturated carbocycles. The van der Waals surface area contributed by atoms with E-state index >= 15 is 0 Å². The Bertz CT molecular complexity index is 301. The predicted molar refractivity (Wildman–Crippen MR) is 49.5 cm³/mol. The lowest BCUT2D eigenvalue weighted by Crippen LogP contribution is -2.18. The molecule has 1 atom stereocenters. The van der Waals surface area contributed by atoms with Gasteiger partial charge in [0.15, 0.2) is 0 Å². The first-order valence-corrected chi connectivity index (χ1v) is 5.04. The molecule has 64 valence electrons. The molecule has 2 N–H and O–H groups in total. The van der Waals surface area contributed by atoms with E-state index in [9.17, 15) is 4.39 Å². The molecule has 0 radical (unpaired) electrons. The average molecular weight is 183 g/mol. The van der Waals surface area contributed by atoms with Gasteiger partial charge in [0, 0.05) is 17.5 Å². The first-order valence-electron chi connectivity index (χ1n) is 3.89. The van der Waals surface area contributed by atoms with E-state index in [1.165, 1.54) is 11.6 Å². The van der Waals surface area contributed by atoms with Crippen LogP contribution < -0.4 is 5.73 Å². The summed E-state index contributed by atoms with van der Waals surface area (Å²) in [5.41, 5.74) is 7.99. The van der Waals surface area contributed by atoms with Crippen LogP contribution in [0.3, 0.4) is 0 Å². The van der Waals surface area contributed by atoms with Crippen LogP contribution in [0.25, 0.3) is 0 Å². The van der Waals surface area contributed by atoms with E-state index < -0.39 is 0 Å². The molecule has 12 heavy (non-hydrogen) atoms. The number of thioether (sulfide) groups is 1. The normalized spacial score (nSPS) is 22.0. The van der Waals surface area contributed by atoms with Crippen molar-refractivity contribution in [2.45, 2.75) is 11.8 Å². The lowest BCUT2D eigenvalue weighted by atomic mass is 10.0. The van der Waals surface area contributed by atoms with E-state index in [-0.39, 0.29) is 11.9 Å². The first kappa shape index (κ1) is 8.08. The number of hydrogen-bond acceptors (Lipinski definition) is 2. The lowest BCUT2D eigenvalue weighted by molar-refractivity contribution is 0.621. The van der Waals surface area contributed by atoms with Crippen LogP contribution in [0.2, 0.25) is 0 Å². The third-order valence-electron chi connectivity index (χ3n) is 2.06. The van der Waals surface area contributed by atoms with Crippen LogP contribution in [-0.2, 0) is 5.75 Å². The summed E-state index contributed by atoms with van der Waals surface area (Å²) in [6.07, 6.45) is 0. The molecule has 1 nitrogen and oxygen atoms in total. The number of rotatable bonds is 0. The minimum Gasteiger partial charge on any atom is -0.323 e. The van der Waals surface area contributed by atoms with Crippen molar-refractivity contribution in [2.24, 2.45) is 5.73 Å². The van der Waals surface area contributed by atoms with Crippen LogP contribution in [0.5, 0.6) is 0 Å². The molecule has 0 bridgehead atoms. The van der Waals surface area contributed by atoms with Gasteiger partial charge in [-0.15, -0.1) is 0 Å². The Kier molecular flexibility index (Phi) is 2.07. The zero-order chi connectivity index (χ0) is 8.55. The molecule has 1 heterocycles. The second kappa shape index (κ2) is 3.07. The largest absolute Gasteiger partial charge is 0.323 e. The first-order chi connectivity index (χ1) is 5.77. The van der Waals surface area contributed by atoms with Crippen molar-refractivity contribution in [1.29, 1.82) is 0 Å². The van der Waals surface area contributed by atoms with Crippen LogP contribution >= 0.6 is 11.8 Å². The third-order valence-corrected chi connectivity index (χ3v) is 3.17. The number of fused-ring (bicyclic) bond motifs is 1. The van der Waals surface area contributed by atoms with E-state index in [2.05, 4.69) is 0 Å². The van der Waals surface area contributed by atoms with Gasteiger partial charge in [-0.3, -0.25) is 0 Å². The minimum absolute atomic E-state index is 0.00875. The van der Waals surface area contributed by atoms with Gasteiger partial charge in [0.25, 0.3) is 0 Å². The molecule has 0 saturated heterocycles. The molecule has 1 aromatic carbocycles. The van der Waals surface area contributed by atoms with Crippen LogP contribution in [0.1, 0.15) is 17.2 Å². The van der Waals surface area contributed by atoms with Gasteiger partial charge in [0.05, 0.1) is 0 Å². The monoisotopic (exact) mass is 183 g/mol. The average Bonchev–Trinajstić information content (AvgIpc) is 2.07. The fraction of sp³-hybridized carbons (Fsp3) is 0.333. The Balaban J connectivity index is 2.47. The molecule has 3 heteroatoms. The molecule has 0 spiro atoms. The molecule has 0 unspecified atom stereocenters. The summed E-state index contributed by atoms with van der Waals surface area (Å²) in [5.74, 6) is 1.68. The topological polar surface area (TPSA) is 26.0 Å². The summed E-state index contributed by atoms with van der Waals surface area (Å²) < 4.78 is 12.8. The van der Waals surface area contributed by atoms with Crippen LogP contribution in [-0.4, -0.2) is 5.75 Å². The Morgan fingerprint density at radius 2 is 2.33 bits per heavy atom. The van der Waals surface area contributed by atoms with E-state index in [0.29, 0.717) is 0 Å². The molecule has 1 aliphatic heterocycles. The highest BCUT2D eigenvalue weighted by molar-refractivity contribution is 7.98. The highest BCUT2D eigenvalue weighted by atomic mass is 32.2. The molecule has 0 aliphatic carbocycles. The molecule has 0 amide bonds. The third kappa shape index (κ3) is 1.34. The molecule has 0 aromatic heterocycles. The second-order valence-electron chi connectivity index (χ2n) is 2.96. The Labute approximate surface area is 75.1 Å². The molecular weight excluding hydrogens is 173 g/mol. The lowest BCUT2D eigenvalue weighted by Gasteiger charge is -2.21. The highest BCUT2D eigenvalue weighted by Gasteiger charge is 2.16. The number of halogens is 1. The Morgan fingerprint density at radius 1 is 1.50 bits per heavy atom. The summed E-state index contributed by atoms with van der Waals surface area (Å²) in [7, 11) is 0. The molecule has 1 aliphatic rings. The standard InChI is InChI=1S/C9H10FNS/c10-7-2-1-6-4-12-5-9(11)8(6)3-7/h1-3,9H,4-5,11H2/t9-/m1/s1. The van der Waals surface area contributed by atoms with Crippen molar-refractivity contribution in [3.8, 4) is 0 Å². The number of hydrogen-bond donors (Lipinski definition) is 1. The van der Waals surface area contributed by atoms with Crippen molar-refractivity contribution in [3.05, 3.63) is 35.1 Å². The fourth-order valence-electron chi connectivity index (χ4n) is 1.43. The van der Waals surface area contributed by atoms with E-state index in [1.54, 1.807) is 17.8 Å². The summed E-state index contributed by atoms with van der Waals surface area (Å²) >= 11 is 1.80. The molecule has 1 aromatic rings. The van der Waals surface area contributed by atoms with Gasteiger partial charge in [-0.05, 0) is 23.3 Å². The van der Waals surface area contributed by atoms with Crippen LogP contribution in [0.15, 0.2) is 18.2 Å². The zero-order valence-corrected chi connectivity index (χ0v) is 7.40. The van der Waals surface area contributed by atoms with Gasteiger partial charge >= 0.3 is 0 Å². The van der Waals surface area contributed by atoms with Crippen LogP contribution in [0.4, 0.5) is 4.39 Å². The van der Waals surface area contributed by atoms with Gasteiger partial charge in [-0.25, -0.2) is 4.39 Å². The molecule has 2 rings (SSSR count).